The lowest BCUT2D eigenvalue weighted by Crippen LogP contribution is -2.58. The van der Waals surface area contributed by atoms with Crippen LogP contribution in [-0.2, 0) is 4.79 Å². The second-order valence-electron chi connectivity index (χ2n) is 6.94. The molecule has 1 unspecified atom stereocenters. The first kappa shape index (κ1) is 15.2. The van der Waals surface area contributed by atoms with Gasteiger partial charge in [-0.15, -0.1) is 0 Å². The van der Waals surface area contributed by atoms with Gasteiger partial charge in [-0.3, -0.25) is 9.69 Å². The third-order valence-electron chi connectivity index (χ3n) is 5.71. The van der Waals surface area contributed by atoms with Crippen molar-refractivity contribution < 1.29 is 4.79 Å². The van der Waals surface area contributed by atoms with Crippen molar-refractivity contribution in [3.05, 3.63) is 0 Å². The summed E-state index contributed by atoms with van der Waals surface area (Å²) >= 11 is 5.35. The topological polar surface area (TPSA) is 49.6 Å². The minimum atomic E-state index is -0.549. The smallest absolute Gasteiger partial charge is 0.235 e. The maximum Gasteiger partial charge on any atom is 0.235 e. The minimum Gasteiger partial charge on any atom is -0.392 e. The molecule has 2 saturated heterocycles. The molecule has 0 bridgehead atoms. The lowest BCUT2D eigenvalue weighted by molar-refractivity contribution is -0.141. The molecule has 0 aromatic carbocycles. The Morgan fingerprint density at radius 3 is 2.43 bits per heavy atom. The van der Waals surface area contributed by atoms with Crippen LogP contribution >= 0.6 is 12.2 Å². The summed E-state index contributed by atoms with van der Waals surface area (Å²) in [4.78, 5) is 18.2. The van der Waals surface area contributed by atoms with Crippen LogP contribution in [-0.4, -0.2) is 52.9 Å². The number of nitrogens with zero attached hydrogens (tertiary/aromatic N) is 2. The van der Waals surface area contributed by atoms with Crippen LogP contribution in [0.15, 0.2) is 0 Å². The highest BCUT2D eigenvalue weighted by Crippen LogP contribution is 2.38. The van der Waals surface area contributed by atoms with Crippen LogP contribution in [0.2, 0.25) is 0 Å². The molecule has 3 rings (SSSR count). The second kappa shape index (κ2) is 6.21. The van der Waals surface area contributed by atoms with Crippen molar-refractivity contribution in [2.24, 2.45) is 11.1 Å². The third kappa shape index (κ3) is 2.82. The third-order valence-corrected chi connectivity index (χ3v) is 6.10. The Morgan fingerprint density at radius 1 is 1.05 bits per heavy atom. The second-order valence-corrected chi connectivity index (χ2v) is 7.38. The Kier molecular flexibility index (Phi) is 4.50. The van der Waals surface area contributed by atoms with Crippen LogP contribution in [0.3, 0.4) is 0 Å². The highest BCUT2D eigenvalue weighted by molar-refractivity contribution is 7.80. The first-order valence-corrected chi connectivity index (χ1v) is 8.88. The molecule has 0 radical (unpaired) electrons. The Balaban J connectivity index is 1.76. The van der Waals surface area contributed by atoms with Crippen LogP contribution < -0.4 is 5.73 Å². The predicted molar refractivity (Wildman–Crippen MR) is 88.1 cm³/mol. The summed E-state index contributed by atoms with van der Waals surface area (Å²) in [5.41, 5.74) is 5.51. The van der Waals surface area contributed by atoms with Gasteiger partial charge in [-0.2, -0.15) is 0 Å². The molecule has 21 heavy (non-hydrogen) atoms. The van der Waals surface area contributed by atoms with Crippen molar-refractivity contribution in [2.45, 2.75) is 57.4 Å². The molecule has 3 aliphatic rings. The number of piperazine rings is 1. The van der Waals surface area contributed by atoms with Crippen molar-refractivity contribution >= 4 is 23.1 Å². The zero-order valence-electron chi connectivity index (χ0n) is 12.9. The zero-order chi connectivity index (χ0) is 14.9. The van der Waals surface area contributed by atoms with Crippen molar-refractivity contribution in [1.29, 1.82) is 0 Å². The van der Waals surface area contributed by atoms with E-state index in [2.05, 4.69) is 9.80 Å². The molecule has 0 aromatic rings. The van der Waals surface area contributed by atoms with E-state index in [1.54, 1.807) is 0 Å². The van der Waals surface area contributed by atoms with Gasteiger partial charge in [0.25, 0.3) is 0 Å². The van der Waals surface area contributed by atoms with Gasteiger partial charge in [0.2, 0.25) is 5.91 Å². The lowest BCUT2D eigenvalue weighted by Gasteiger charge is -2.42. The normalized spacial score (nSPS) is 29.7. The fourth-order valence-corrected chi connectivity index (χ4v) is 4.67. The van der Waals surface area contributed by atoms with E-state index in [9.17, 15) is 4.79 Å². The molecule has 1 saturated carbocycles. The summed E-state index contributed by atoms with van der Waals surface area (Å²) in [5, 5.41) is 0. The molecule has 0 aromatic heterocycles. The molecule has 2 N–H and O–H groups in total. The number of hydrogen-bond acceptors (Lipinski definition) is 3. The van der Waals surface area contributed by atoms with E-state index < -0.39 is 5.41 Å². The molecular weight excluding hydrogens is 282 g/mol. The molecule has 1 aliphatic carbocycles. The van der Waals surface area contributed by atoms with E-state index in [0.717, 1.165) is 45.3 Å². The Labute approximate surface area is 133 Å². The van der Waals surface area contributed by atoms with E-state index in [1.807, 2.05) is 0 Å². The predicted octanol–water partition coefficient (Wildman–Crippen LogP) is 1.92. The molecule has 2 aliphatic heterocycles. The van der Waals surface area contributed by atoms with E-state index in [1.165, 1.54) is 32.2 Å². The fraction of sp³-hybridized carbons (Fsp3) is 0.875. The summed E-state index contributed by atoms with van der Waals surface area (Å²) in [7, 11) is 0. The van der Waals surface area contributed by atoms with Crippen molar-refractivity contribution in [1.82, 2.24) is 9.80 Å². The van der Waals surface area contributed by atoms with Gasteiger partial charge >= 0.3 is 0 Å². The standard InChI is InChI=1S/C16H27N3OS/c17-14(21)16(7-3-1-2-4-8-16)15(20)19-11-10-18-9-5-6-13(18)12-19/h13H,1-12H2,(H2,17,21). The monoisotopic (exact) mass is 309 g/mol. The van der Waals surface area contributed by atoms with Crippen LogP contribution in [0, 0.1) is 5.41 Å². The number of nitrogens with two attached hydrogens (primary N) is 1. The van der Waals surface area contributed by atoms with Crippen LogP contribution in [0.1, 0.15) is 51.4 Å². The summed E-state index contributed by atoms with van der Waals surface area (Å²) in [6.07, 6.45) is 8.76. The average molecular weight is 309 g/mol. The molecular formula is C16H27N3OS. The highest BCUT2D eigenvalue weighted by atomic mass is 32.1. The number of hydrogen-bond donors (Lipinski definition) is 1. The van der Waals surface area contributed by atoms with Gasteiger partial charge in [0, 0.05) is 25.7 Å². The highest BCUT2D eigenvalue weighted by Gasteiger charge is 2.45. The van der Waals surface area contributed by atoms with Gasteiger partial charge in [0.1, 0.15) is 0 Å². The average Bonchev–Trinajstić information content (AvgIpc) is 2.80. The van der Waals surface area contributed by atoms with E-state index in [-0.39, 0.29) is 5.91 Å². The molecule has 4 nitrogen and oxygen atoms in total. The van der Waals surface area contributed by atoms with Crippen molar-refractivity contribution in [3.63, 3.8) is 0 Å². The van der Waals surface area contributed by atoms with Gasteiger partial charge in [-0.1, -0.05) is 37.9 Å². The maximum atomic E-state index is 13.2. The SMILES string of the molecule is NC(=S)C1(C(=O)N2CCN3CCCC3C2)CCCCCC1. The maximum absolute atomic E-state index is 13.2. The Bertz CT molecular complexity index is 418. The first-order chi connectivity index (χ1) is 10.1. The molecule has 1 amide bonds. The van der Waals surface area contributed by atoms with Crippen LogP contribution in [0.5, 0.6) is 0 Å². The van der Waals surface area contributed by atoms with Crippen LogP contribution in [0.25, 0.3) is 0 Å². The number of carbonyl (C=O) groups excluding carboxylic acids is 1. The minimum absolute atomic E-state index is 0.225. The van der Waals surface area contributed by atoms with Crippen molar-refractivity contribution in [3.8, 4) is 0 Å². The molecule has 118 valence electrons. The van der Waals surface area contributed by atoms with E-state index >= 15 is 0 Å². The molecule has 3 fully saturated rings. The summed E-state index contributed by atoms with van der Waals surface area (Å²) < 4.78 is 0. The quantitative estimate of drug-likeness (QED) is 0.625. The van der Waals surface area contributed by atoms with E-state index in [4.69, 9.17) is 18.0 Å². The molecule has 5 heteroatoms. The summed E-state index contributed by atoms with van der Waals surface area (Å²) in [6, 6.07) is 0.567. The number of amides is 1. The van der Waals surface area contributed by atoms with E-state index in [0.29, 0.717) is 11.0 Å². The zero-order valence-corrected chi connectivity index (χ0v) is 13.7. The first-order valence-electron chi connectivity index (χ1n) is 8.47. The lowest BCUT2D eigenvalue weighted by atomic mass is 9.78. The van der Waals surface area contributed by atoms with Gasteiger partial charge in [-0.05, 0) is 32.2 Å². The summed E-state index contributed by atoms with van der Waals surface area (Å²) in [6.45, 7) is 3.94. The van der Waals surface area contributed by atoms with Gasteiger partial charge in [0.15, 0.2) is 0 Å². The van der Waals surface area contributed by atoms with Crippen LogP contribution in [0.4, 0.5) is 0 Å². The van der Waals surface area contributed by atoms with Crippen molar-refractivity contribution in [2.75, 3.05) is 26.2 Å². The molecule has 2 heterocycles. The molecule has 0 spiro atoms. The Morgan fingerprint density at radius 2 is 1.76 bits per heavy atom. The number of rotatable bonds is 2. The summed E-state index contributed by atoms with van der Waals surface area (Å²) in [5.74, 6) is 0.225. The number of carbonyl (C=O) groups is 1. The number of fused-ring (bicyclic) bond motifs is 1. The fourth-order valence-electron chi connectivity index (χ4n) is 4.38. The van der Waals surface area contributed by atoms with Gasteiger partial charge in [0.05, 0.1) is 10.4 Å². The number of thiocarbonyl (C=S) groups is 1. The van der Waals surface area contributed by atoms with Gasteiger partial charge < -0.3 is 10.6 Å². The largest absolute Gasteiger partial charge is 0.392 e. The molecule has 1 atom stereocenters. The Hall–Kier alpha value is -0.680. The van der Waals surface area contributed by atoms with Gasteiger partial charge in [-0.25, -0.2) is 0 Å².